The molecule has 1 saturated heterocycles. The zero-order valence-corrected chi connectivity index (χ0v) is 14.5. The second kappa shape index (κ2) is 6.99. The Morgan fingerprint density at radius 1 is 1.31 bits per heavy atom. The van der Waals surface area contributed by atoms with E-state index >= 15 is 0 Å². The largest absolute Gasteiger partial charge is 0.356 e. The number of aromatic nitrogens is 3. The molecule has 1 unspecified atom stereocenters. The highest BCUT2D eigenvalue weighted by molar-refractivity contribution is 5.60. The molecule has 1 aliphatic rings. The second-order valence-electron chi connectivity index (χ2n) is 6.72. The summed E-state index contributed by atoms with van der Waals surface area (Å²) in [5.41, 5.74) is 2.96. The average Bonchev–Trinajstić information content (AvgIpc) is 3.28. The number of H-pyrrole nitrogens is 1. The Balaban J connectivity index is 1.65. The van der Waals surface area contributed by atoms with Crippen molar-refractivity contribution in [1.82, 2.24) is 20.3 Å². The molecule has 136 valence electrons. The number of nitrogens with one attached hydrogen (secondary N) is 1. The minimum atomic E-state index is -0.810. The summed E-state index contributed by atoms with van der Waals surface area (Å²) in [4.78, 5) is 2.17. The van der Waals surface area contributed by atoms with Crippen LogP contribution in [-0.2, 0) is 6.54 Å². The zero-order valence-electron chi connectivity index (χ0n) is 14.5. The van der Waals surface area contributed by atoms with Gasteiger partial charge in [0.05, 0.1) is 29.2 Å². The molecular weight excluding hydrogens is 338 g/mol. The van der Waals surface area contributed by atoms with Crippen LogP contribution in [0.1, 0.15) is 42.3 Å². The molecule has 0 saturated carbocycles. The van der Waals surface area contributed by atoms with Crippen LogP contribution >= 0.6 is 0 Å². The first-order chi connectivity index (χ1) is 12.6. The molecule has 4 rings (SSSR count). The zero-order chi connectivity index (χ0) is 18.1. The number of likely N-dealkylation sites (tertiary alicyclic amines) is 1. The van der Waals surface area contributed by atoms with Gasteiger partial charge in [-0.15, -0.1) is 0 Å². The van der Waals surface area contributed by atoms with E-state index in [0.717, 1.165) is 48.8 Å². The van der Waals surface area contributed by atoms with Crippen LogP contribution in [0, 0.1) is 18.6 Å². The second-order valence-corrected chi connectivity index (χ2v) is 6.72. The van der Waals surface area contributed by atoms with Crippen molar-refractivity contribution in [2.75, 3.05) is 6.54 Å². The summed E-state index contributed by atoms with van der Waals surface area (Å²) in [6.07, 6.45) is 4.74. The molecule has 26 heavy (non-hydrogen) atoms. The normalized spacial score (nSPS) is 18.3. The topological polar surface area (TPSA) is 58.0 Å². The Bertz CT molecular complexity index is 905. The monoisotopic (exact) mass is 358 g/mol. The Hall–Kier alpha value is -2.54. The number of hydrogen-bond donors (Lipinski definition) is 1. The van der Waals surface area contributed by atoms with Crippen LogP contribution in [-0.4, -0.2) is 26.8 Å². The Kier molecular flexibility index (Phi) is 4.55. The lowest BCUT2D eigenvalue weighted by Crippen LogP contribution is -2.33. The Labute approximate surface area is 150 Å². The predicted molar refractivity (Wildman–Crippen MR) is 92.2 cm³/mol. The van der Waals surface area contributed by atoms with Crippen LogP contribution in [0.5, 0.6) is 0 Å². The fourth-order valence-electron chi connectivity index (χ4n) is 3.63. The Morgan fingerprint density at radius 2 is 2.19 bits per heavy atom. The molecule has 5 nitrogen and oxygen atoms in total. The van der Waals surface area contributed by atoms with Gasteiger partial charge in [0.25, 0.3) is 0 Å². The minimum Gasteiger partial charge on any atom is -0.356 e. The van der Waals surface area contributed by atoms with E-state index < -0.39 is 11.6 Å². The summed E-state index contributed by atoms with van der Waals surface area (Å²) in [6.45, 7) is 3.03. The molecule has 3 heterocycles. The van der Waals surface area contributed by atoms with Gasteiger partial charge in [0.2, 0.25) is 0 Å². The lowest BCUT2D eigenvalue weighted by atomic mass is 9.95. The maximum absolute atomic E-state index is 14.1. The van der Waals surface area contributed by atoms with Gasteiger partial charge in [-0.05, 0) is 32.4 Å². The van der Waals surface area contributed by atoms with Gasteiger partial charge >= 0.3 is 0 Å². The van der Waals surface area contributed by atoms with Gasteiger partial charge < -0.3 is 4.52 Å². The number of hydrogen-bond acceptors (Lipinski definition) is 4. The van der Waals surface area contributed by atoms with Crippen LogP contribution in [0.3, 0.4) is 0 Å². The maximum atomic E-state index is 14.1. The van der Waals surface area contributed by atoms with Crippen LogP contribution in [0.25, 0.3) is 11.3 Å². The van der Waals surface area contributed by atoms with Crippen molar-refractivity contribution in [2.24, 2.45) is 0 Å². The molecule has 0 spiro atoms. The molecule has 1 fully saturated rings. The van der Waals surface area contributed by atoms with Gasteiger partial charge in [0, 0.05) is 18.2 Å². The van der Waals surface area contributed by atoms with E-state index in [9.17, 15) is 8.78 Å². The quantitative estimate of drug-likeness (QED) is 0.752. The molecule has 0 amide bonds. The number of benzene rings is 1. The lowest BCUT2D eigenvalue weighted by molar-refractivity contribution is 0.135. The minimum absolute atomic E-state index is 0.0364. The number of rotatable bonds is 4. The smallest absolute Gasteiger partial charge is 0.170 e. The third-order valence-corrected chi connectivity index (χ3v) is 4.91. The van der Waals surface area contributed by atoms with Gasteiger partial charge in [-0.3, -0.25) is 10.00 Å². The van der Waals surface area contributed by atoms with Crippen molar-refractivity contribution in [3.05, 3.63) is 59.0 Å². The number of halogens is 2. The first kappa shape index (κ1) is 16.9. The van der Waals surface area contributed by atoms with Crippen molar-refractivity contribution in [2.45, 2.75) is 38.8 Å². The van der Waals surface area contributed by atoms with Crippen molar-refractivity contribution in [3.8, 4) is 11.3 Å². The molecular formula is C19H20F2N4O. The van der Waals surface area contributed by atoms with Gasteiger partial charge in [-0.25, -0.2) is 8.78 Å². The predicted octanol–water partition coefficient (Wildman–Crippen LogP) is 4.38. The SMILES string of the molecule is Cc1cc(-c2cn[nH]c2C2CCCCN2Cc2cccc(F)c2F)on1. The fraction of sp³-hybridized carbons (Fsp3) is 0.368. The van der Waals surface area contributed by atoms with E-state index in [0.29, 0.717) is 17.9 Å². The van der Waals surface area contributed by atoms with E-state index in [-0.39, 0.29) is 6.04 Å². The van der Waals surface area contributed by atoms with Gasteiger partial charge in [0.1, 0.15) is 0 Å². The average molecular weight is 358 g/mol. The summed E-state index contributed by atoms with van der Waals surface area (Å²) < 4.78 is 33.1. The molecule has 1 aliphatic heterocycles. The van der Waals surface area contributed by atoms with Crippen molar-refractivity contribution in [3.63, 3.8) is 0 Å². The third-order valence-electron chi connectivity index (χ3n) is 4.91. The summed E-state index contributed by atoms with van der Waals surface area (Å²) >= 11 is 0. The van der Waals surface area contributed by atoms with Crippen molar-refractivity contribution >= 4 is 0 Å². The van der Waals surface area contributed by atoms with Gasteiger partial charge in [-0.1, -0.05) is 23.7 Å². The van der Waals surface area contributed by atoms with Gasteiger partial charge in [-0.2, -0.15) is 5.10 Å². The summed E-state index contributed by atoms with van der Waals surface area (Å²) in [5, 5.41) is 11.2. The van der Waals surface area contributed by atoms with Crippen LogP contribution < -0.4 is 0 Å². The van der Waals surface area contributed by atoms with E-state index in [1.807, 2.05) is 13.0 Å². The fourth-order valence-corrected chi connectivity index (χ4v) is 3.63. The highest BCUT2D eigenvalue weighted by Crippen LogP contribution is 2.36. The van der Waals surface area contributed by atoms with E-state index in [1.165, 1.54) is 0 Å². The molecule has 0 aliphatic carbocycles. The molecule has 3 aromatic rings. The van der Waals surface area contributed by atoms with Crippen molar-refractivity contribution < 1.29 is 13.3 Å². The van der Waals surface area contributed by atoms with Crippen LogP contribution in [0.15, 0.2) is 35.0 Å². The summed E-state index contributed by atoms with van der Waals surface area (Å²) in [6, 6.07) is 6.23. The number of aromatic amines is 1. The lowest BCUT2D eigenvalue weighted by Gasteiger charge is -2.35. The first-order valence-electron chi connectivity index (χ1n) is 8.77. The molecule has 2 aromatic heterocycles. The van der Waals surface area contributed by atoms with Crippen LogP contribution in [0.4, 0.5) is 8.78 Å². The summed E-state index contributed by atoms with van der Waals surface area (Å²) in [5.74, 6) is -0.920. The number of aryl methyl sites for hydroxylation is 1. The molecule has 1 atom stereocenters. The number of nitrogens with zero attached hydrogens (tertiary/aromatic N) is 3. The molecule has 0 radical (unpaired) electrons. The highest BCUT2D eigenvalue weighted by Gasteiger charge is 2.29. The van der Waals surface area contributed by atoms with E-state index in [4.69, 9.17) is 4.52 Å². The van der Waals surface area contributed by atoms with Crippen molar-refractivity contribution in [1.29, 1.82) is 0 Å². The molecule has 1 N–H and O–H groups in total. The van der Waals surface area contributed by atoms with E-state index in [2.05, 4.69) is 20.3 Å². The molecule has 1 aromatic carbocycles. The van der Waals surface area contributed by atoms with Gasteiger partial charge in [0.15, 0.2) is 17.4 Å². The maximum Gasteiger partial charge on any atom is 0.170 e. The Morgan fingerprint density at radius 3 is 3.00 bits per heavy atom. The standard InChI is InChI=1S/C19H20F2N4O/c1-12-9-17(26-24-12)14-10-22-23-19(14)16-7-2-3-8-25(16)11-13-5-4-6-15(20)18(13)21/h4-6,9-10,16H,2-3,7-8,11H2,1H3,(H,22,23). The molecule has 7 heteroatoms. The summed E-state index contributed by atoms with van der Waals surface area (Å²) in [7, 11) is 0. The highest BCUT2D eigenvalue weighted by atomic mass is 19.2. The van der Waals surface area contributed by atoms with Crippen LogP contribution in [0.2, 0.25) is 0 Å². The molecule has 0 bridgehead atoms. The van der Waals surface area contributed by atoms with E-state index in [1.54, 1.807) is 18.3 Å². The number of piperidine rings is 1. The first-order valence-corrected chi connectivity index (χ1v) is 8.77. The third kappa shape index (κ3) is 3.14.